The Morgan fingerprint density at radius 3 is 2.62 bits per heavy atom. The molecule has 0 radical (unpaired) electrons. The first-order valence-corrected chi connectivity index (χ1v) is 11.1. The third kappa shape index (κ3) is 4.81. The Labute approximate surface area is 176 Å². The third-order valence-electron chi connectivity index (χ3n) is 5.15. The molecule has 1 heterocycles. The number of amides is 1. The van der Waals surface area contributed by atoms with Crippen molar-refractivity contribution in [3.05, 3.63) is 45.3 Å². The number of nitrogens with one attached hydrogen (secondary N) is 1. The molecule has 1 amide bonds. The molecular weight excluding hydrogens is 386 g/mol. The third-order valence-corrected chi connectivity index (χ3v) is 6.36. The van der Waals surface area contributed by atoms with Crippen LogP contribution in [0.4, 0.5) is 5.00 Å². The Morgan fingerprint density at radius 1 is 1.17 bits per heavy atom. The minimum absolute atomic E-state index is 0.239. The van der Waals surface area contributed by atoms with Gasteiger partial charge in [-0.3, -0.25) is 4.79 Å². The molecule has 5 nitrogen and oxygen atoms in total. The summed E-state index contributed by atoms with van der Waals surface area (Å²) in [7, 11) is 0. The lowest BCUT2D eigenvalue weighted by Gasteiger charge is -2.19. The van der Waals surface area contributed by atoms with E-state index < -0.39 is 6.10 Å². The average molecular weight is 416 g/mol. The van der Waals surface area contributed by atoms with Gasteiger partial charge in [0.25, 0.3) is 5.91 Å². The lowest BCUT2D eigenvalue weighted by molar-refractivity contribution is -0.122. The van der Waals surface area contributed by atoms with Gasteiger partial charge in [-0.05, 0) is 70.1 Å². The minimum Gasteiger partial charge on any atom is -0.480 e. The number of hydrogen-bond acceptors (Lipinski definition) is 5. The number of fused-ring (bicyclic) bond motifs is 1. The fourth-order valence-electron chi connectivity index (χ4n) is 3.67. The zero-order valence-electron chi connectivity index (χ0n) is 17.6. The van der Waals surface area contributed by atoms with Crippen molar-refractivity contribution in [3.63, 3.8) is 0 Å². The lowest BCUT2D eigenvalue weighted by atomic mass is 9.95. The van der Waals surface area contributed by atoms with Gasteiger partial charge in [-0.1, -0.05) is 24.6 Å². The molecular formula is C23H29NO4S. The molecule has 0 saturated heterocycles. The van der Waals surface area contributed by atoms with Crippen LogP contribution in [0.15, 0.2) is 18.2 Å². The molecule has 29 heavy (non-hydrogen) atoms. The summed E-state index contributed by atoms with van der Waals surface area (Å²) in [5, 5.41) is 3.55. The molecule has 2 aromatic rings. The molecule has 1 aliphatic carbocycles. The van der Waals surface area contributed by atoms with Crippen molar-refractivity contribution in [2.24, 2.45) is 0 Å². The number of aryl methyl sites for hydroxylation is 3. The van der Waals surface area contributed by atoms with Gasteiger partial charge in [0.15, 0.2) is 6.10 Å². The highest BCUT2D eigenvalue weighted by molar-refractivity contribution is 7.17. The second-order valence-corrected chi connectivity index (χ2v) is 8.51. The van der Waals surface area contributed by atoms with Crippen LogP contribution >= 0.6 is 11.3 Å². The Kier molecular flexibility index (Phi) is 6.96. The molecule has 1 aliphatic rings. The topological polar surface area (TPSA) is 64.6 Å². The highest BCUT2D eigenvalue weighted by Crippen LogP contribution is 2.38. The van der Waals surface area contributed by atoms with Crippen molar-refractivity contribution in [2.75, 3.05) is 11.9 Å². The predicted octanol–water partition coefficient (Wildman–Crippen LogP) is 5.22. The van der Waals surface area contributed by atoms with E-state index in [0.29, 0.717) is 29.3 Å². The van der Waals surface area contributed by atoms with Crippen molar-refractivity contribution in [1.82, 2.24) is 0 Å². The van der Waals surface area contributed by atoms with E-state index in [1.165, 1.54) is 16.2 Å². The summed E-state index contributed by atoms with van der Waals surface area (Å²) in [6.07, 6.45) is 3.85. The van der Waals surface area contributed by atoms with E-state index in [4.69, 9.17) is 9.47 Å². The number of anilines is 1. The summed E-state index contributed by atoms with van der Waals surface area (Å²) in [5.41, 5.74) is 3.71. The normalized spacial score (nSPS) is 14.1. The maximum atomic E-state index is 13.0. The van der Waals surface area contributed by atoms with Crippen LogP contribution in [-0.2, 0) is 22.4 Å². The molecule has 6 heteroatoms. The lowest BCUT2D eigenvalue weighted by Crippen LogP contribution is -2.32. The number of carbonyl (C=O) groups excluding carboxylic acids is 2. The molecule has 0 unspecified atom stereocenters. The van der Waals surface area contributed by atoms with Crippen molar-refractivity contribution in [2.45, 2.75) is 65.9 Å². The molecule has 0 bridgehead atoms. The molecule has 0 saturated carbocycles. The summed E-state index contributed by atoms with van der Waals surface area (Å²) in [6.45, 7) is 8.01. The zero-order valence-corrected chi connectivity index (χ0v) is 18.4. The molecule has 1 atom stereocenters. The van der Waals surface area contributed by atoms with Crippen LogP contribution < -0.4 is 10.1 Å². The Balaban J connectivity index is 1.83. The number of ether oxygens (including phenoxy) is 2. The van der Waals surface area contributed by atoms with Gasteiger partial charge in [-0.2, -0.15) is 0 Å². The minimum atomic E-state index is -0.634. The zero-order chi connectivity index (χ0) is 21.0. The molecule has 0 fully saturated rings. The van der Waals surface area contributed by atoms with E-state index in [9.17, 15) is 9.59 Å². The molecule has 156 valence electrons. The van der Waals surface area contributed by atoms with Gasteiger partial charge in [0, 0.05) is 4.88 Å². The summed E-state index contributed by atoms with van der Waals surface area (Å²) >= 11 is 1.50. The van der Waals surface area contributed by atoms with Gasteiger partial charge in [-0.15, -0.1) is 11.3 Å². The number of carbonyl (C=O) groups is 2. The van der Waals surface area contributed by atoms with Gasteiger partial charge in [0.05, 0.1) is 12.2 Å². The van der Waals surface area contributed by atoms with Crippen LogP contribution in [0, 0.1) is 13.8 Å². The fraction of sp³-hybridized carbons (Fsp3) is 0.478. The maximum absolute atomic E-state index is 13.0. The Hall–Kier alpha value is -2.34. The van der Waals surface area contributed by atoms with E-state index >= 15 is 0 Å². The first-order valence-electron chi connectivity index (χ1n) is 10.3. The molecule has 1 N–H and O–H groups in total. The summed E-state index contributed by atoms with van der Waals surface area (Å²) < 4.78 is 11.3. The smallest absolute Gasteiger partial charge is 0.341 e. The van der Waals surface area contributed by atoms with Crippen LogP contribution in [0.5, 0.6) is 5.75 Å². The first-order chi connectivity index (χ1) is 13.9. The van der Waals surface area contributed by atoms with Crippen LogP contribution in [0.1, 0.15) is 65.0 Å². The van der Waals surface area contributed by atoms with E-state index in [2.05, 4.69) is 5.32 Å². The quantitative estimate of drug-likeness (QED) is 0.630. The fourth-order valence-corrected chi connectivity index (χ4v) is 4.95. The molecule has 1 aromatic carbocycles. The number of esters is 1. The summed E-state index contributed by atoms with van der Waals surface area (Å²) in [6, 6.07) is 5.90. The molecule has 1 aromatic heterocycles. The second kappa shape index (κ2) is 9.44. The standard InChI is InChI=1S/C23H29NO4S/c1-5-17(28-18-12-11-14(3)13-15(18)4)21(25)24-22-20(23(26)27-6-2)16-9-7-8-10-19(16)29-22/h11-13,17H,5-10H2,1-4H3,(H,24,25)/t17-/m0/s1. The number of benzene rings is 1. The highest BCUT2D eigenvalue weighted by atomic mass is 32.1. The molecule has 0 aliphatic heterocycles. The van der Waals surface area contributed by atoms with Crippen LogP contribution in [0.25, 0.3) is 0 Å². The van der Waals surface area contributed by atoms with Gasteiger partial charge >= 0.3 is 5.97 Å². The average Bonchev–Trinajstić information content (AvgIpc) is 3.05. The van der Waals surface area contributed by atoms with Gasteiger partial charge in [-0.25, -0.2) is 4.79 Å². The van der Waals surface area contributed by atoms with Crippen LogP contribution in [-0.4, -0.2) is 24.6 Å². The van der Waals surface area contributed by atoms with Gasteiger partial charge < -0.3 is 14.8 Å². The van der Waals surface area contributed by atoms with E-state index in [1.807, 2.05) is 39.0 Å². The number of hydrogen-bond donors (Lipinski definition) is 1. The molecule has 0 spiro atoms. The van der Waals surface area contributed by atoms with Crippen LogP contribution in [0.3, 0.4) is 0 Å². The largest absolute Gasteiger partial charge is 0.480 e. The van der Waals surface area contributed by atoms with Crippen molar-refractivity contribution in [1.29, 1.82) is 0 Å². The van der Waals surface area contributed by atoms with E-state index in [1.54, 1.807) is 6.92 Å². The summed E-state index contributed by atoms with van der Waals surface area (Å²) in [5.74, 6) is 0.107. The summed E-state index contributed by atoms with van der Waals surface area (Å²) in [4.78, 5) is 26.8. The van der Waals surface area contributed by atoms with Crippen molar-refractivity contribution >= 4 is 28.2 Å². The number of rotatable bonds is 7. The monoisotopic (exact) mass is 415 g/mol. The van der Waals surface area contributed by atoms with E-state index in [-0.39, 0.29) is 11.9 Å². The van der Waals surface area contributed by atoms with Gasteiger partial charge in [0.1, 0.15) is 10.8 Å². The van der Waals surface area contributed by atoms with E-state index in [0.717, 1.165) is 42.4 Å². The van der Waals surface area contributed by atoms with Crippen molar-refractivity contribution < 1.29 is 19.1 Å². The first kappa shape index (κ1) is 21.4. The maximum Gasteiger partial charge on any atom is 0.341 e. The van der Waals surface area contributed by atoms with Gasteiger partial charge in [0.2, 0.25) is 0 Å². The highest BCUT2D eigenvalue weighted by Gasteiger charge is 2.29. The second-order valence-electron chi connectivity index (χ2n) is 7.41. The SMILES string of the molecule is CCOC(=O)c1c(NC(=O)[C@H](CC)Oc2ccc(C)cc2C)sc2c1CCCC2. The predicted molar refractivity (Wildman–Crippen MR) is 116 cm³/mol. The van der Waals surface area contributed by atoms with Crippen LogP contribution in [0.2, 0.25) is 0 Å². The Bertz CT molecular complexity index is 903. The number of thiophene rings is 1. The molecule has 3 rings (SSSR count). The Morgan fingerprint density at radius 2 is 1.93 bits per heavy atom. The van der Waals surface area contributed by atoms with Crippen molar-refractivity contribution in [3.8, 4) is 5.75 Å².